The summed E-state index contributed by atoms with van der Waals surface area (Å²) in [6, 6.07) is 10.1. The van der Waals surface area contributed by atoms with Crippen molar-refractivity contribution in [2.24, 2.45) is 5.73 Å². The summed E-state index contributed by atoms with van der Waals surface area (Å²) < 4.78 is 42.3. The number of hydrogen-bond acceptors (Lipinski definition) is 4. The van der Waals surface area contributed by atoms with Crippen LogP contribution in [0.5, 0.6) is 11.5 Å². The van der Waals surface area contributed by atoms with Crippen LogP contribution in [0, 0.1) is 5.82 Å². The Morgan fingerprint density at radius 3 is 2.48 bits per heavy atom. The van der Waals surface area contributed by atoms with Crippen molar-refractivity contribution in [1.29, 1.82) is 0 Å². The van der Waals surface area contributed by atoms with Crippen molar-refractivity contribution in [2.75, 3.05) is 6.26 Å². The predicted molar refractivity (Wildman–Crippen MR) is 78.6 cm³/mol. The maximum Gasteiger partial charge on any atom is 0.175 e. The van der Waals surface area contributed by atoms with Gasteiger partial charge in [0.1, 0.15) is 5.75 Å². The summed E-state index contributed by atoms with van der Waals surface area (Å²) in [5.74, 6) is -0.273. The second-order valence-electron chi connectivity index (χ2n) is 4.83. The molecule has 2 N–H and O–H groups in total. The molecule has 0 bridgehead atoms. The maximum absolute atomic E-state index is 13.9. The fourth-order valence-electron chi connectivity index (χ4n) is 1.78. The van der Waals surface area contributed by atoms with Crippen molar-refractivity contribution < 1.29 is 17.5 Å². The Morgan fingerprint density at radius 2 is 1.90 bits per heavy atom. The van der Waals surface area contributed by atoms with Gasteiger partial charge in [-0.25, -0.2) is 12.8 Å². The number of hydrogen-bond donors (Lipinski definition) is 1. The Bertz CT molecular complexity index is 757. The van der Waals surface area contributed by atoms with E-state index < -0.39 is 15.7 Å². The van der Waals surface area contributed by atoms with Crippen molar-refractivity contribution in [3.63, 3.8) is 0 Å². The van der Waals surface area contributed by atoms with Gasteiger partial charge in [-0.3, -0.25) is 0 Å². The average Bonchev–Trinajstić information content (AvgIpc) is 2.40. The van der Waals surface area contributed by atoms with Gasteiger partial charge >= 0.3 is 0 Å². The molecule has 0 fully saturated rings. The molecule has 0 radical (unpaired) electrons. The maximum atomic E-state index is 13.9. The Morgan fingerprint density at radius 1 is 1.19 bits per heavy atom. The molecule has 2 aromatic rings. The third kappa shape index (κ3) is 3.80. The highest BCUT2D eigenvalue weighted by Gasteiger charge is 2.11. The zero-order chi connectivity index (χ0) is 15.6. The Kier molecular flexibility index (Phi) is 4.29. The number of ether oxygens (including phenoxy) is 1. The molecule has 0 amide bonds. The molecule has 6 heteroatoms. The van der Waals surface area contributed by atoms with E-state index in [1.807, 2.05) is 0 Å². The van der Waals surface area contributed by atoms with Crippen LogP contribution in [-0.2, 0) is 9.84 Å². The van der Waals surface area contributed by atoms with E-state index in [0.29, 0.717) is 5.56 Å². The molecule has 2 aromatic carbocycles. The normalized spacial score (nSPS) is 13.0. The van der Waals surface area contributed by atoms with Gasteiger partial charge in [0.25, 0.3) is 0 Å². The molecule has 0 saturated carbocycles. The standard InChI is InChI=1S/C15H16FNO3S/c1-10(17)11-6-7-15(14(16)8-11)20-12-4-3-5-13(9-12)21(2,18)19/h3-10H,17H2,1-2H3. The van der Waals surface area contributed by atoms with Gasteiger partial charge in [-0.15, -0.1) is 0 Å². The first-order valence-corrected chi connectivity index (χ1v) is 8.19. The summed E-state index contributed by atoms with van der Waals surface area (Å²) in [5.41, 5.74) is 6.34. The van der Waals surface area contributed by atoms with Crippen LogP contribution in [0.4, 0.5) is 4.39 Å². The molecule has 0 aliphatic rings. The highest BCUT2D eigenvalue weighted by atomic mass is 32.2. The third-order valence-corrected chi connectivity index (χ3v) is 4.05. The van der Waals surface area contributed by atoms with Crippen molar-refractivity contribution in [3.05, 3.63) is 53.8 Å². The molecule has 1 atom stereocenters. The lowest BCUT2D eigenvalue weighted by atomic mass is 10.1. The van der Waals surface area contributed by atoms with Crippen LogP contribution in [0.1, 0.15) is 18.5 Å². The van der Waals surface area contributed by atoms with Gasteiger partial charge in [0.15, 0.2) is 21.4 Å². The van der Waals surface area contributed by atoms with Crippen LogP contribution >= 0.6 is 0 Å². The third-order valence-electron chi connectivity index (χ3n) is 2.94. The minimum atomic E-state index is -3.34. The molecule has 4 nitrogen and oxygen atoms in total. The van der Waals surface area contributed by atoms with Crippen LogP contribution < -0.4 is 10.5 Å². The molecule has 0 heterocycles. The number of nitrogens with two attached hydrogens (primary N) is 1. The van der Waals surface area contributed by atoms with Gasteiger partial charge in [0.2, 0.25) is 0 Å². The first kappa shape index (κ1) is 15.5. The molecule has 0 aliphatic heterocycles. The van der Waals surface area contributed by atoms with E-state index in [0.717, 1.165) is 6.26 Å². The monoisotopic (exact) mass is 309 g/mol. The van der Waals surface area contributed by atoms with Gasteiger partial charge < -0.3 is 10.5 Å². The lowest BCUT2D eigenvalue weighted by Crippen LogP contribution is -2.05. The zero-order valence-corrected chi connectivity index (χ0v) is 12.5. The van der Waals surface area contributed by atoms with Crippen molar-refractivity contribution in [3.8, 4) is 11.5 Å². The molecule has 0 saturated heterocycles. The highest BCUT2D eigenvalue weighted by Crippen LogP contribution is 2.27. The molecule has 0 aliphatic carbocycles. The fraction of sp³-hybridized carbons (Fsp3) is 0.200. The number of benzene rings is 2. The molecule has 0 spiro atoms. The average molecular weight is 309 g/mol. The van der Waals surface area contributed by atoms with Crippen molar-refractivity contribution >= 4 is 9.84 Å². The number of sulfone groups is 1. The molecular formula is C15H16FNO3S. The summed E-state index contributed by atoms with van der Waals surface area (Å²) in [4.78, 5) is 0.118. The second kappa shape index (κ2) is 5.83. The van der Waals surface area contributed by atoms with Gasteiger partial charge in [-0.05, 0) is 42.8 Å². The topological polar surface area (TPSA) is 69.4 Å². The first-order valence-electron chi connectivity index (χ1n) is 6.30. The van der Waals surface area contributed by atoms with Crippen LogP contribution in [0.25, 0.3) is 0 Å². The summed E-state index contributed by atoms with van der Waals surface area (Å²) in [6.07, 6.45) is 1.10. The van der Waals surface area contributed by atoms with Gasteiger partial charge in [0, 0.05) is 12.3 Å². The molecule has 0 aromatic heterocycles. The molecule has 112 valence electrons. The quantitative estimate of drug-likeness (QED) is 0.942. The Hall–Kier alpha value is -1.92. The lowest BCUT2D eigenvalue weighted by Gasteiger charge is -2.10. The van der Waals surface area contributed by atoms with E-state index in [4.69, 9.17) is 10.5 Å². The highest BCUT2D eigenvalue weighted by molar-refractivity contribution is 7.90. The second-order valence-corrected chi connectivity index (χ2v) is 6.84. The van der Waals surface area contributed by atoms with Crippen LogP contribution in [0.2, 0.25) is 0 Å². The number of halogens is 1. The predicted octanol–water partition coefficient (Wildman–Crippen LogP) is 3.04. The summed E-state index contributed by atoms with van der Waals surface area (Å²) in [5, 5.41) is 0. The van der Waals surface area contributed by atoms with Crippen molar-refractivity contribution in [2.45, 2.75) is 17.9 Å². The number of rotatable bonds is 4. The smallest absolute Gasteiger partial charge is 0.175 e. The Labute approximate surface area is 123 Å². The van der Waals surface area contributed by atoms with Gasteiger partial charge in [-0.1, -0.05) is 12.1 Å². The SMILES string of the molecule is CC(N)c1ccc(Oc2cccc(S(C)(=O)=O)c2)c(F)c1. The van der Waals surface area contributed by atoms with E-state index in [9.17, 15) is 12.8 Å². The molecule has 2 rings (SSSR count). The summed E-state index contributed by atoms with van der Waals surface area (Å²) in [7, 11) is -3.34. The fourth-order valence-corrected chi connectivity index (χ4v) is 2.43. The molecule has 1 unspecified atom stereocenters. The van der Waals surface area contributed by atoms with E-state index in [1.54, 1.807) is 25.1 Å². The summed E-state index contributed by atoms with van der Waals surface area (Å²) in [6.45, 7) is 1.75. The van der Waals surface area contributed by atoms with E-state index >= 15 is 0 Å². The minimum Gasteiger partial charge on any atom is -0.454 e. The minimum absolute atomic E-state index is 0.0186. The largest absolute Gasteiger partial charge is 0.454 e. The van der Waals surface area contributed by atoms with Gasteiger partial charge in [0.05, 0.1) is 4.90 Å². The zero-order valence-electron chi connectivity index (χ0n) is 11.7. The van der Waals surface area contributed by atoms with Gasteiger partial charge in [-0.2, -0.15) is 0 Å². The summed E-state index contributed by atoms with van der Waals surface area (Å²) >= 11 is 0. The van der Waals surface area contributed by atoms with Crippen molar-refractivity contribution in [1.82, 2.24) is 0 Å². The molecule has 21 heavy (non-hydrogen) atoms. The lowest BCUT2D eigenvalue weighted by molar-refractivity contribution is 0.440. The van der Waals surface area contributed by atoms with Crippen LogP contribution in [0.3, 0.4) is 0 Å². The van der Waals surface area contributed by atoms with Crippen LogP contribution in [-0.4, -0.2) is 14.7 Å². The van der Waals surface area contributed by atoms with E-state index in [-0.39, 0.29) is 22.4 Å². The molecular weight excluding hydrogens is 293 g/mol. The first-order chi connectivity index (χ1) is 9.77. The Balaban J connectivity index is 2.31. The van der Waals surface area contributed by atoms with Crippen LogP contribution in [0.15, 0.2) is 47.4 Å². The van der Waals surface area contributed by atoms with E-state index in [1.165, 1.54) is 24.3 Å². The van der Waals surface area contributed by atoms with E-state index in [2.05, 4.69) is 0 Å².